The van der Waals surface area contributed by atoms with Crippen LogP contribution in [-0.2, 0) is 34.7 Å². The lowest BCUT2D eigenvalue weighted by Gasteiger charge is -2.38. The van der Waals surface area contributed by atoms with Gasteiger partial charge in [-0.15, -0.1) is 0 Å². The zero-order valence-electron chi connectivity index (χ0n) is 18.8. The highest BCUT2D eigenvalue weighted by atomic mass is 16.5. The number of aromatic hydroxyl groups is 1. The van der Waals surface area contributed by atoms with Crippen molar-refractivity contribution in [2.24, 2.45) is 5.92 Å². The largest absolute Gasteiger partial charge is 0.508 e. The van der Waals surface area contributed by atoms with Gasteiger partial charge in [-0.2, -0.15) is 0 Å². The second kappa shape index (κ2) is 7.40. The first-order valence-corrected chi connectivity index (χ1v) is 11.2. The molecule has 8 heteroatoms. The number of carbonyl (C=O) groups is 1. The van der Waals surface area contributed by atoms with Crippen LogP contribution in [0.2, 0.25) is 0 Å². The lowest BCUT2D eigenvalue weighted by molar-refractivity contribution is -0.168. The van der Waals surface area contributed by atoms with Gasteiger partial charge in [0.1, 0.15) is 12.4 Å². The molecule has 3 aromatic rings. The van der Waals surface area contributed by atoms with Crippen molar-refractivity contribution in [2.45, 2.75) is 58.5 Å². The number of benzene rings is 1. The van der Waals surface area contributed by atoms with E-state index in [2.05, 4.69) is 0 Å². The molecule has 0 radical (unpaired) electrons. The highest BCUT2D eigenvalue weighted by Crippen LogP contribution is 2.42. The second-order valence-electron chi connectivity index (χ2n) is 8.90. The van der Waals surface area contributed by atoms with Gasteiger partial charge in [0.2, 0.25) is 0 Å². The van der Waals surface area contributed by atoms with E-state index >= 15 is 0 Å². The number of ether oxygens (including phenoxy) is 1. The molecule has 172 valence electrons. The zero-order valence-corrected chi connectivity index (χ0v) is 18.8. The average molecular weight is 450 g/mol. The molecule has 0 aliphatic carbocycles. The summed E-state index contributed by atoms with van der Waals surface area (Å²) in [6, 6.07) is 6.77. The van der Waals surface area contributed by atoms with Gasteiger partial charge in [0.15, 0.2) is 6.10 Å². The average Bonchev–Trinajstić information content (AvgIpc) is 3.18. The molecule has 0 bridgehead atoms. The van der Waals surface area contributed by atoms with Crippen LogP contribution in [0.5, 0.6) is 5.75 Å². The summed E-state index contributed by atoms with van der Waals surface area (Å²) in [6.07, 6.45) is -0.619. The fourth-order valence-corrected chi connectivity index (χ4v) is 5.32. The molecule has 2 aliphatic heterocycles. The fourth-order valence-electron chi connectivity index (χ4n) is 5.32. The normalized spacial score (nSPS) is 24.0. The molecule has 0 saturated heterocycles. The van der Waals surface area contributed by atoms with Crippen LogP contribution in [0.15, 0.2) is 29.1 Å². The Kier molecular flexibility index (Phi) is 4.84. The number of aryl methyl sites for hydroxylation is 1. The summed E-state index contributed by atoms with van der Waals surface area (Å²) in [5.74, 6) is -1.58. The maximum absolute atomic E-state index is 13.6. The van der Waals surface area contributed by atoms with Crippen LogP contribution in [0.3, 0.4) is 0 Å². The predicted molar refractivity (Wildman–Crippen MR) is 121 cm³/mol. The Bertz CT molecular complexity index is 1380. The van der Waals surface area contributed by atoms with Crippen molar-refractivity contribution in [3.05, 3.63) is 56.9 Å². The molecule has 4 heterocycles. The van der Waals surface area contributed by atoms with Crippen molar-refractivity contribution < 1.29 is 24.9 Å². The number of phenolic OH excluding ortho intramolecular Hbond substituents is 1. The molecule has 8 nitrogen and oxygen atoms in total. The molecule has 3 N–H and O–H groups in total. The Morgan fingerprint density at radius 2 is 1.97 bits per heavy atom. The Hall–Kier alpha value is -3.23. The van der Waals surface area contributed by atoms with E-state index in [9.17, 15) is 24.9 Å². The summed E-state index contributed by atoms with van der Waals surface area (Å²) in [7, 11) is 0. The number of carbonyl (C=O) groups excluding carboxylic acids is 1. The third-order valence-electron chi connectivity index (χ3n) is 7.33. The number of pyridine rings is 2. The molecule has 0 amide bonds. The lowest BCUT2D eigenvalue weighted by atomic mass is 9.75. The number of fused-ring (bicyclic) bond motifs is 5. The SMILES string of the molecule is CCc1c2c(nc3ccc(O)cc13)-c1cc3c(c(=O)n1C2)COC(=O)C(O)C(C)C3(O)CC. The first-order chi connectivity index (χ1) is 15.7. The standard InChI is InChI=1S/C25H26N2O6/c1-4-14-15-8-13(28)6-7-19(15)26-21-16(14)10-27-20(21)9-18-17(23(27)30)11-33-24(31)22(29)12(3)25(18,32)5-2/h6-9,12,22,28-29,32H,4-5,10-11H2,1-3H3. The molecule has 3 atom stereocenters. The maximum atomic E-state index is 13.6. The maximum Gasteiger partial charge on any atom is 0.335 e. The first-order valence-electron chi connectivity index (χ1n) is 11.2. The van der Waals surface area contributed by atoms with Gasteiger partial charge in [0.25, 0.3) is 5.56 Å². The summed E-state index contributed by atoms with van der Waals surface area (Å²) in [6.45, 7) is 5.33. The molecule has 33 heavy (non-hydrogen) atoms. The molecule has 0 saturated carbocycles. The van der Waals surface area contributed by atoms with Crippen LogP contribution in [0.25, 0.3) is 22.3 Å². The van der Waals surface area contributed by atoms with Crippen molar-refractivity contribution in [1.82, 2.24) is 9.55 Å². The molecule has 3 unspecified atom stereocenters. The summed E-state index contributed by atoms with van der Waals surface area (Å²) in [4.78, 5) is 30.7. The van der Waals surface area contributed by atoms with Crippen molar-refractivity contribution in [1.29, 1.82) is 0 Å². The molecule has 2 aliphatic rings. The Labute approximate surface area is 190 Å². The molecular weight excluding hydrogens is 424 g/mol. The minimum Gasteiger partial charge on any atom is -0.508 e. The summed E-state index contributed by atoms with van der Waals surface area (Å²) >= 11 is 0. The molecule has 5 rings (SSSR count). The van der Waals surface area contributed by atoms with E-state index in [1.165, 1.54) is 0 Å². The number of hydrogen-bond donors (Lipinski definition) is 3. The number of esters is 1. The van der Waals surface area contributed by atoms with Gasteiger partial charge in [0, 0.05) is 16.9 Å². The number of rotatable bonds is 2. The van der Waals surface area contributed by atoms with Crippen molar-refractivity contribution in [3.63, 3.8) is 0 Å². The molecule has 0 fully saturated rings. The number of nitrogens with zero attached hydrogens (tertiary/aromatic N) is 2. The predicted octanol–water partition coefficient (Wildman–Crippen LogP) is 2.34. The summed E-state index contributed by atoms with van der Waals surface area (Å²) < 4.78 is 6.81. The zero-order chi connectivity index (χ0) is 23.7. The van der Waals surface area contributed by atoms with Gasteiger partial charge in [-0.05, 0) is 48.2 Å². The lowest BCUT2D eigenvalue weighted by Crippen LogP contribution is -2.47. The van der Waals surface area contributed by atoms with E-state index in [0.29, 0.717) is 35.4 Å². The van der Waals surface area contributed by atoms with Gasteiger partial charge in [-0.25, -0.2) is 9.78 Å². The number of aromatic nitrogens is 2. The van der Waals surface area contributed by atoms with E-state index in [1.54, 1.807) is 42.7 Å². The van der Waals surface area contributed by atoms with E-state index in [0.717, 1.165) is 16.5 Å². The van der Waals surface area contributed by atoms with E-state index < -0.39 is 23.6 Å². The Morgan fingerprint density at radius 1 is 1.21 bits per heavy atom. The van der Waals surface area contributed by atoms with Crippen LogP contribution < -0.4 is 5.56 Å². The first kappa shape index (κ1) is 21.6. The van der Waals surface area contributed by atoms with Crippen LogP contribution in [-0.4, -0.2) is 36.9 Å². The third-order valence-corrected chi connectivity index (χ3v) is 7.33. The van der Waals surface area contributed by atoms with Crippen LogP contribution in [0, 0.1) is 5.92 Å². The van der Waals surface area contributed by atoms with Crippen LogP contribution in [0.4, 0.5) is 0 Å². The minimum absolute atomic E-state index is 0.150. The number of aliphatic hydroxyl groups excluding tert-OH is 1. The molecular formula is C25H26N2O6. The summed E-state index contributed by atoms with van der Waals surface area (Å²) in [5, 5.41) is 32.9. The van der Waals surface area contributed by atoms with Crippen LogP contribution >= 0.6 is 0 Å². The van der Waals surface area contributed by atoms with Gasteiger partial charge in [-0.3, -0.25) is 4.79 Å². The number of hydrogen-bond acceptors (Lipinski definition) is 7. The molecule has 1 aromatic carbocycles. The number of aliphatic hydroxyl groups is 2. The highest BCUT2D eigenvalue weighted by Gasteiger charge is 2.46. The van der Waals surface area contributed by atoms with Gasteiger partial charge < -0.3 is 24.6 Å². The Morgan fingerprint density at radius 3 is 2.67 bits per heavy atom. The highest BCUT2D eigenvalue weighted by molar-refractivity contribution is 5.89. The molecule has 2 aromatic heterocycles. The van der Waals surface area contributed by atoms with Crippen molar-refractivity contribution >= 4 is 16.9 Å². The molecule has 0 spiro atoms. The van der Waals surface area contributed by atoms with E-state index in [1.807, 2.05) is 6.92 Å². The quantitative estimate of drug-likeness (QED) is 0.401. The van der Waals surface area contributed by atoms with Crippen molar-refractivity contribution in [3.8, 4) is 17.1 Å². The monoisotopic (exact) mass is 450 g/mol. The Balaban J connectivity index is 1.81. The van der Waals surface area contributed by atoms with Gasteiger partial charge >= 0.3 is 5.97 Å². The number of cyclic esters (lactones) is 1. The smallest absolute Gasteiger partial charge is 0.335 e. The van der Waals surface area contributed by atoms with Gasteiger partial charge in [0.05, 0.1) is 34.6 Å². The van der Waals surface area contributed by atoms with E-state index in [4.69, 9.17) is 9.72 Å². The van der Waals surface area contributed by atoms with Gasteiger partial charge in [-0.1, -0.05) is 20.8 Å². The summed E-state index contributed by atoms with van der Waals surface area (Å²) in [5.41, 5.74) is 2.48. The fraction of sp³-hybridized carbons (Fsp3) is 0.400. The topological polar surface area (TPSA) is 122 Å². The minimum atomic E-state index is -1.60. The number of phenols is 1. The van der Waals surface area contributed by atoms with Crippen molar-refractivity contribution in [2.75, 3.05) is 0 Å². The second-order valence-corrected chi connectivity index (χ2v) is 8.90. The van der Waals surface area contributed by atoms with Crippen LogP contribution in [0.1, 0.15) is 49.4 Å². The third kappa shape index (κ3) is 2.94. The van der Waals surface area contributed by atoms with E-state index in [-0.39, 0.29) is 29.9 Å².